The molecule has 2 rings (SSSR count). The average molecular weight is 281 g/mol. The summed E-state index contributed by atoms with van der Waals surface area (Å²) in [5.41, 5.74) is 0.482. The minimum Gasteiger partial charge on any atom is -0.378 e. The van der Waals surface area contributed by atoms with Gasteiger partial charge in [0.05, 0.1) is 6.10 Å². The van der Waals surface area contributed by atoms with Crippen molar-refractivity contribution in [2.45, 2.75) is 58.6 Å². The van der Waals surface area contributed by atoms with Gasteiger partial charge >= 0.3 is 0 Å². The molecule has 19 heavy (non-hydrogen) atoms. The van der Waals surface area contributed by atoms with Crippen molar-refractivity contribution in [3.05, 3.63) is 22.4 Å². The fourth-order valence-corrected chi connectivity index (χ4v) is 3.44. The normalized spacial score (nSPS) is 27.9. The predicted octanol–water partition coefficient (Wildman–Crippen LogP) is 3.86. The first-order chi connectivity index (χ1) is 8.91. The zero-order valence-electron chi connectivity index (χ0n) is 12.7. The number of aryl methyl sites for hydroxylation is 1. The maximum atomic E-state index is 5.87. The molecule has 1 aromatic heterocycles. The Balaban J connectivity index is 1.98. The second-order valence-corrected chi connectivity index (χ2v) is 7.84. The van der Waals surface area contributed by atoms with Gasteiger partial charge < -0.3 is 10.1 Å². The maximum absolute atomic E-state index is 5.87. The van der Waals surface area contributed by atoms with E-state index in [0.717, 1.165) is 13.2 Å². The molecule has 1 aliphatic heterocycles. The van der Waals surface area contributed by atoms with Crippen molar-refractivity contribution in [3.63, 3.8) is 0 Å². The quantitative estimate of drug-likeness (QED) is 0.885. The summed E-state index contributed by atoms with van der Waals surface area (Å²) in [4.78, 5) is 1.49. The highest BCUT2D eigenvalue weighted by Gasteiger charge is 2.41. The summed E-state index contributed by atoms with van der Waals surface area (Å²) in [6, 6.07) is 4.39. The lowest BCUT2D eigenvalue weighted by Crippen LogP contribution is -2.46. The molecule has 0 bridgehead atoms. The van der Waals surface area contributed by atoms with Crippen LogP contribution in [0.3, 0.4) is 0 Å². The summed E-state index contributed by atoms with van der Waals surface area (Å²) in [5, 5.41) is 5.86. The van der Waals surface area contributed by atoms with Crippen LogP contribution in [0.2, 0.25) is 0 Å². The minimum absolute atomic E-state index is 0.179. The van der Waals surface area contributed by atoms with Crippen LogP contribution in [-0.4, -0.2) is 24.8 Å². The molecular formula is C16H27NOS. The Morgan fingerprint density at radius 2 is 2.26 bits per heavy atom. The Morgan fingerprint density at radius 3 is 2.79 bits per heavy atom. The number of thiophene rings is 1. The molecule has 1 N–H and O–H groups in total. The molecule has 2 nitrogen and oxygen atoms in total. The van der Waals surface area contributed by atoms with Gasteiger partial charge in [0.15, 0.2) is 0 Å². The first-order valence-corrected chi connectivity index (χ1v) is 8.18. The molecule has 2 unspecified atom stereocenters. The van der Waals surface area contributed by atoms with E-state index >= 15 is 0 Å². The Kier molecular flexibility index (Phi) is 4.70. The Bertz CT molecular complexity index is 382. The van der Waals surface area contributed by atoms with Gasteiger partial charge in [-0.2, -0.15) is 0 Å². The fraction of sp³-hybridized carbons (Fsp3) is 0.750. The smallest absolute Gasteiger partial charge is 0.0616 e. The summed E-state index contributed by atoms with van der Waals surface area (Å²) in [7, 11) is 0. The monoisotopic (exact) mass is 281 g/mol. The summed E-state index contributed by atoms with van der Waals surface area (Å²) >= 11 is 1.87. The molecule has 0 aliphatic carbocycles. The second-order valence-electron chi connectivity index (χ2n) is 6.81. The summed E-state index contributed by atoms with van der Waals surface area (Å²) < 4.78 is 5.87. The topological polar surface area (TPSA) is 21.3 Å². The van der Waals surface area contributed by atoms with Gasteiger partial charge in [-0.25, -0.2) is 0 Å². The Labute approximate surface area is 121 Å². The molecule has 1 aliphatic rings. The van der Waals surface area contributed by atoms with Crippen molar-refractivity contribution in [3.8, 4) is 0 Å². The van der Waals surface area contributed by atoms with E-state index in [1.165, 1.54) is 24.1 Å². The highest BCUT2D eigenvalue weighted by atomic mass is 32.1. The van der Waals surface area contributed by atoms with Crippen molar-refractivity contribution in [2.75, 3.05) is 13.2 Å². The number of hydrogen-bond donors (Lipinski definition) is 1. The maximum Gasteiger partial charge on any atom is 0.0616 e. The van der Waals surface area contributed by atoms with E-state index in [2.05, 4.69) is 50.5 Å². The van der Waals surface area contributed by atoms with Gasteiger partial charge in [-0.15, -0.1) is 11.3 Å². The molecule has 0 aromatic carbocycles. The molecule has 0 amide bonds. The van der Waals surface area contributed by atoms with E-state index < -0.39 is 0 Å². The molecule has 0 radical (unpaired) electrons. The van der Waals surface area contributed by atoms with Crippen LogP contribution < -0.4 is 5.32 Å². The van der Waals surface area contributed by atoms with Crippen molar-refractivity contribution >= 4 is 11.3 Å². The summed E-state index contributed by atoms with van der Waals surface area (Å²) in [6.07, 6.45) is 3.94. The van der Waals surface area contributed by atoms with E-state index in [4.69, 9.17) is 4.74 Å². The van der Waals surface area contributed by atoms with Crippen LogP contribution in [0.25, 0.3) is 0 Å². The molecule has 1 fully saturated rings. The van der Waals surface area contributed by atoms with Crippen molar-refractivity contribution < 1.29 is 4.74 Å². The fourth-order valence-electron chi connectivity index (χ4n) is 2.74. The SMILES string of the molecule is CC1OCCC1(CCc1cccs1)CNC(C)(C)C. The van der Waals surface area contributed by atoms with Gasteiger partial charge in [0.2, 0.25) is 0 Å². The molecular weight excluding hydrogens is 254 g/mol. The van der Waals surface area contributed by atoms with Crippen LogP contribution in [0.1, 0.15) is 45.4 Å². The third-order valence-electron chi connectivity index (χ3n) is 4.25. The first kappa shape index (κ1) is 15.0. The van der Waals surface area contributed by atoms with Crippen molar-refractivity contribution in [2.24, 2.45) is 5.41 Å². The minimum atomic E-state index is 0.179. The first-order valence-electron chi connectivity index (χ1n) is 7.30. The molecule has 108 valence electrons. The van der Waals surface area contributed by atoms with E-state index in [0.29, 0.717) is 11.5 Å². The molecule has 0 saturated carbocycles. The molecule has 1 saturated heterocycles. The molecule has 1 aromatic rings. The summed E-state index contributed by atoms with van der Waals surface area (Å²) in [5.74, 6) is 0. The third-order valence-corrected chi connectivity index (χ3v) is 5.19. The lowest BCUT2D eigenvalue weighted by atomic mass is 9.76. The zero-order chi connectivity index (χ0) is 13.9. The van der Waals surface area contributed by atoms with Gasteiger partial charge in [0, 0.05) is 29.0 Å². The lowest BCUT2D eigenvalue weighted by molar-refractivity contribution is 0.0554. The van der Waals surface area contributed by atoms with Gasteiger partial charge in [-0.1, -0.05) is 6.07 Å². The van der Waals surface area contributed by atoms with Crippen LogP contribution in [0.15, 0.2) is 17.5 Å². The van der Waals surface area contributed by atoms with Crippen LogP contribution in [0.4, 0.5) is 0 Å². The largest absolute Gasteiger partial charge is 0.378 e. The van der Waals surface area contributed by atoms with E-state index in [1.54, 1.807) is 0 Å². The standard InChI is InChI=1S/C16H27NOS/c1-13-16(9-10-18-13,12-17-15(2,3)4)8-7-14-6-5-11-19-14/h5-6,11,13,17H,7-10,12H2,1-4H3. The van der Waals surface area contributed by atoms with Crippen LogP contribution in [0, 0.1) is 5.41 Å². The number of hydrogen-bond acceptors (Lipinski definition) is 3. The van der Waals surface area contributed by atoms with Crippen LogP contribution >= 0.6 is 11.3 Å². The molecule has 2 atom stereocenters. The van der Waals surface area contributed by atoms with Gasteiger partial charge in [-0.05, 0) is 58.4 Å². The summed E-state index contributed by atoms with van der Waals surface area (Å²) in [6.45, 7) is 10.9. The van der Waals surface area contributed by atoms with Crippen molar-refractivity contribution in [1.82, 2.24) is 5.32 Å². The Morgan fingerprint density at radius 1 is 1.47 bits per heavy atom. The van der Waals surface area contributed by atoms with E-state index in [-0.39, 0.29) is 5.54 Å². The van der Waals surface area contributed by atoms with E-state index in [1.807, 2.05) is 11.3 Å². The van der Waals surface area contributed by atoms with Crippen LogP contribution in [-0.2, 0) is 11.2 Å². The predicted molar refractivity (Wildman–Crippen MR) is 82.9 cm³/mol. The van der Waals surface area contributed by atoms with Gasteiger partial charge in [0.25, 0.3) is 0 Å². The van der Waals surface area contributed by atoms with E-state index in [9.17, 15) is 0 Å². The molecule has 2 heterocycles. The second kappa shape index (κ2) is 5.94. The van der Waals surface area contributed by atoms with Crippen molar-refractivity contribution in [1.29, 1.82) is 0 Å². The average Bonchev–Trinajstić information content (AvgIpc) is 2.94. The highest BCUT2D eigenvalue weighted by molar-refractivity contribution is 7.09. The van der Waals surface area contributed by atoms with Crippen LogP contribution in [0.5, 0.6) is 0 Å². The zero-order valence-corrected chi connectivity index (χ0v) is 13.5. The highest BCUT2D eigenvalue weighted by Crippen LogP contribution is 2.39. The Hall–Kier alpha value is -0.380. The lowest BCUT2D eigenvalue weighted by Gasteiger charge is -2.35. The number of ether oxygens (including phenoxy) is 1. The molecule has 3 heteroatoms. The number of nitrogens with one attached hydrogen (secondary N) is 1. The number of rotatable bonds is 5. The van der Waals surface area contributed by atoms with Gasteiger partial charge in [0.1, 0.15) is 0 Å². The molecule has 0 spiro atoms. The van der Waals surface area contributed by atoms with Gasteiger partial charge in [-0.3, -0.25) is 0 Å². The third kappa shape index (κ3) is 4.04.